The molecule has 1 aliphatic rings. The van der Waals surface area contributed by atoms with Gasteiger partial charge in [-0.3, -0.25) is 14.4 Å². The van der Waals surface area contributed by atoms with Crippen molar-refractivity contribution in [1.29, 1.82) is 0 Å². The largest absolute Gasteiger partial charge is 0.369 e. The van der Waals surface area contributed by atoms with Gasteiger partial charge in [0, 0.05) is 77.4 Å². The minimum absolute atomic E-state index is 0.105. The molecule has 5 nitrogen and oxygen atoms in total. The minimum Gasteiger partial charge on any atom is -0.369 e. The van der Waals surface area contributed by atoms with Gasteiger partial charge < -0.3 is 9.80 Å². The van der Waals surface area contributed by atoms with Crippen LogP contribution < -0.4 is 9.80 Å². The van der Waals surface area contributed by atoms with Crippen molar-refractivity contribution in [3.63, 3.8) is 0 Å². The molecule has 1 aliphatic carbocycles. The zero-order chi connectivity index (χ0) is 24.2. The number of Topliss-reactive ketones (excluding diaryl/α,β-unsaturated/α-hetero) is 2. The van der Waals surface area contributed by atoms with E-state index in [0.717, 1.165) is 11.4 Å². The van der Waals surface area contributed by atoms with Crippen molar-refractivity contribution < 1.29 is 14.4 Å². The van der Waals surface area contributed by atoms with Crippen LogP contribution in [0.3, 0.4) is 0 Å². The Kier molecular flexibility index (Phi) is 8.72. The summed E-state index contributed by atoms with van der Waals surface area (Å²) in [7, 11) is 1.72. The maximum absolute atomic E-state index is 13.1. The number of hydrogen-bond donors (Lipinski definition) is 0. The van der Waals surface area contributed by atoms with Gasteiger partial charge in [-0.25, -0.2) is 0 Å². The fraction of sp³-hybridized carbons (Fsp3) is 0.480. The molecule has 7 heteroatoms. The molecule has 0 fully saturated rings. The molecular formula is C25H32Cl2N2O3. The standard InChI is InChI=1S/C25H32Cl2N2O3/c1-16-17(2)24(32)22(18(3)23(16)31)25(4,5)15-21(30)28(6)19-7-9-20(10-8-19)29(13-11-26)14-12-27/h7-10H,11-15H2,1-6H3. The van der Waals surface area contributed by atoms with E-state index >= 15 is 0 Å². The van der Waals surface area contributed by atoms with Crippen molar-refractivity contribution >= 4 is 52.1 Å². The quantitative estimate of drug-likeness (QED) is 0.363. The van der Waals surface area contributed by atoms with E-state index in [1.54, 1.807) is 32.7 Å². The molecule has 0 saturated heterocycles. The van der Waals surface area contributed by atoms with Crippen LogP contribution in [0.25, 0.3) is 0 Å². The van der Waals surface area contributed by atoms with Crippen molar-refractivity contribution in [2.24, 2.45) is 5.41 Å². The number of benzene rings is 1. The lowest BCUT2D eigenvalue weighted by atomic mass is 9.71. The number of allylic oxidation sites excluding steroid dienone is 4. The van der Waals surface area contributed by atoms with E-state index in [-0.39, 0.29) is 23.9 Å². The Morgan fingerprint density at radius 3 is 1.81 bits per heavy atom. The van der Waals surface area contributed by atoms with Gasteiger partial charge in [0.15, 0.2) is 11.6 Å². The second kappa shape index (κ2) is 10.7. The second-order valence-corrected chi connectivity index (χ2v) is 9.56. The first-order valence-electron chi connectivity index (χ1n) is 10.7. The molecule has 0 aromatic heterocycles. The summed E-state index contributed by atoms with van der Waals surface area (Å²) >= 11 is 11.8. The van der Waals surface area contributed by atoms with E-state index in [9.17, 15) is 14.4 Å². The zero-order valence-corrected chi connectivity index (χ0v) is 21.2. The molecule has 0 bridgehead atoms. The summed E-state index contributed by atoms with van der Waals surface area (Å²) in [6.45, 7) is 10.1. The molecule has 2 rings (SSSR count). The van der Waals surface area contributed by atoms with Crippen molar-refractivity contribution in [3.05, 3.63) is 46.6 Å². The monoisotopic (exact) mass is 478 g/mol. The number of carbonyl (C=O) groups excluding carboxylic acids is 3. The maximum Gasteiger partial charge on any atom is 0.227 e. The van der Waals surface area contributed by atoms with Crippen molar-refractivity contribution in [2.75, 3.05) is 41.7 Å². The topological polar surface area (TPSA) is 57.7 Å². The fourth-order valence-electron chi connectivity index (χ4n) is 4.10. The molecule has 0 aliphatic heterocycles. The highest BCUT2D eigenvalue weighted by atomic mass is 35.5. The zero-order valence-electron chi connectivity index (χ0n) is 19.7. The molecule has 1 aromatic rings. The van der Waals surface area contributed by atoms with Gasteiger partial charge in [0.1, 0.15) is 0 Å². The van der Waals surface area contributed by atoms with Crippen LogP contribution in [0, 0.1) is 5.41 Å². The van der Waals surface area contributed by atoms with Crippen LogP contribution in [-0.4, -0.2) is 49.4 Å². The number of anilines is 2. The van der Waals surface area contributed by atoms with Gasteiger partial charge in [0.2, 0.25) is 5.91 Å². The predicted molar refractivity (Wildman–Crippen MR) is 133 cm³/mol. The van der Waals surface area contributed by atoms with Gasteiger partial charge in [-0.15, -0.1) is 23.2 Å². The van der Waals surface area contributed by atoms with Crippen LogP contribution >= 0.6 is 23.2 Å². The maximum atomic E-state index is 13.1. The third-order valence-electron chi connectivity index (χ3n) is 6.14. The lowest BCUT2D eigenvalue weighted by molar-refractivity contribution is -0.121. The first kappa shape index (κ1) is 26.1. The van der Waals surface area contributed by atoms with Crippen LogP contribution in [0.1, 0.15) is 41.0 Å². The highest BCUT2D eigenvalue weighted by Gasteiger charge is 2.38. The number of amides is 1. The minimum atomic E-state index is -0.776. The summed E-state index contributed by atoms with van der Waals surface area (Å²) in [5.74, 6) is 0.585. The third kappa shape index (κ3) is 5.44. The lowest BCUT2D eigenvalue weighted by Gasteiger charge is -2.32. The fourth-order valence-corrected chi connectivity index (χ4v) is 4.51. The second-order valence-electron chi connectivity index (χ2n) is 8.80. The van der Waals surface area contributed by atoms with E-state index in [0.29, 0.717) is 47.1 Å². The molecule has 0 atom stereocenters. The smallest absolute Gasteiger partial charge is 0.227 e. The Hall–Kier alpha value is -2.11. The predicted octanol–water partition coefficient (Wildman–Crippen LogP) is 5.15. The molecule has 0 N–H and O–H groups in total. The molecule has 32 heavy (non-hydrogen) atoms. The number of nitrogens with zero attached hydrogens (tertiary/aromatic N) is 2. The highest BCUT2D eigenvalue weighted by molar-refractivity contribution is 6.25. The molecule has 1 aromatic carbocycles. The Morgan fingerprint density at radius 2 is 1.31 bits per heavy atom. The van der Waals surface area contributed by atoms with Crippen LogP contribution in [0.15, 0.2) is 46.6 Å². The van der Waals surface area contributed by atoms with Crippen LogP contribution in [-0.2, 0) is 14.4 Å². The summed E-state index contributed by atoms with van der Waals surface area (Å²) in [5, 5.41) is 0. The van der Waals surface area contributed by atoms with Crippen molar-refractivity contribution in [1.82, 2.24) is 0 Å². The van der Waals surface area contributed by atoms with Crippen molar-refractivity contribution in [2.45, 2.75) is 41.0 Å². The van der Waals surface area contributed by atoms with Crippen LogP contribution in [0.4, 0.5) is 11.4 Å². The average Bonchev–Trinajstić information content (AvgIpc) is 2.75. The van der Waals surface area contributed by atoms with E-state index in [2.05, 4.69) is 4.90 Å². The van der Waals surface area contributed by atoms with E-state index < -0.39 is 5.41 Å². The summed E-state index contributed by atoms with van der Waals surface area (Å²) in [4.78, 5) is 42.3. The van der Waals surface area contributed by atoms with Gasteiger partial charge in [0.05, 0.1) is 0 Å². The summed E-state index contributed by atoms with van der Waals surface area (Å²) in [5.41, 5.74) is 2.76. The number of hydrogen-bond acceptors (Lipinski definition) is 4. The molecule has 174 valence electrons. The van der Waals surface area contributed by atoms with Gasteiger partial charge in [0.25, 0.3) is 0 Å². The number of rotatable bonds is 9. The molecule has 0 radical (unpaired) electrons. The number of carbonyl (C=O) groups is 3. The third-order valence-corrected chi connectivity index (χ3v) is 6.48. The first-order valence-corrected chi connectivity index (χ1v) is 11.7. The molecule has 0 spiro atoms. The molecular weight excluding hydrogens is 447 g/mol. The molecule has 0 saturated carbocycles. The van der Waals surface area contributed by atoms with Gasteiger partial charge in [-0.1, -0.05) is 13.8 Å². The Bertz CT molecular complexity index is 956. The number of halogens is 2. The first-order chi connectivity index (χ1) is 15.0. The normalized spacial score (nSPS) is 14.9. The Balaban J connectivity index is 2.21. The van der Waals surface area contributed by atoms with Crippen LogP contribution in [0.2, 0.25) is 0 Å². The molecule has 0 heterocycles. The Morgan fingerprint density at radius 1 is 0.844 bits per heavy atom. The summed E-state index contributed by atoms with van der Waals surface area (Å²) in [6, 6.07) is 7.64. The number of ketones is 2. The van der Waals surface area contributed by atoms with E-state index in [4.69, 9.17) is 23.2 Å². The van der Waals surface area contributed by atoms with Gasteiger partial charge in [-0.05, 0) is 45.0 Å². The summed E-state index contributed by atoms with van der Waals surface area (Å²) < 4.78 is 0. The number of alkyl halides is 2. The Labute approximate surface area is 201 Å². The van der Waals surface area contributed by atoms with E-state index in [1.807, 2.05) is 38.1 Å². The van der Waals surface area contributed by atoms with Crippen molar-refractivity contribution in [3.8, 4) is 0 Å². The molecule has 0 unspecified atom stereocenters. The highest BCUT2D eigenvalue weighted by Crippen LogP contribution is 2.39. The van der Waals surface area contributed by atoms with Crippen LogP contribution in [0.5, 0.6) is 0 Å². The van der Waals surface area contributed by atoms with Gasteiger partial charge >= 0.3 is 0 Å². The van der Waals surface area contributed by atoms with E-state index in [1.165, 1.54) is 0 Å². The lowest BCUT2D eigenvalue weighted by Crippen LogP contribution is -2.36. The molecule has 1 amide bonds. The van der Waals surface area contributed by atoms with Gasteiger partial charge in [-0.2, -0.15) is 0 Å². The average molecular weight is 479 g/mol. The summed E-state index contributed by atoms with van der Waals surface area (Å²) in [6.07, 6.45) is 0.105. The SMILES string of the molecule is CC1=C(C)C(=O)C(C(C)(C)CC(=O)N(C)c2ccc(N(CCCl)CCCl)cc2)=C(C)C1=O.